The number of hydrogen-bond acceptors (Lipinski definition) is 3. The van der Waals surface area contributed by atoms with E-state index in [1.165, 1.54) is 5.56 Å². The number of nitrogens with zero attached hydrogens (tertiary/aromatic N) is 1. The van der Waals surface area contributed by atoms with E-state index in [2.05, 4.69) is 48.3 Å². The lowest BCUT2D eigenvalue weighted by Gasteiger charge is -2.35. The zero-order valence-electron chi connectivity index (χ0n) is 20.1. The van der Waals surface area contributed by atoms with Crippen LogP contribution in [0.5, 0.6) is 5.75 Å². The van der Waals surface area contributed by atoms with Crippen LogP contribution in [-0.4, -0.2) is 37.0 Å². The molecule has 4 nitrogen and oxygen atoms in total. The number of carbonyl (C=O) groups is 1. The van der Waals surface area contributed by atoms with Crippen molar-refractivity contribution in [3.05, 3.63) is 83.4 Å². The van der Waals surface area contributed by atoms with E-state index in [0.29, 0.717) is 17.5 Å². The molecule has 4 rings (SSSR count). The molecule has 172 valence electrons. The van der Waals surface area contributed by atoms with E-state index in [1.54, 1.807) is 7.11 Å². The fourth-order valence-electron chi connectivity index (χ4n) is 4.79. The lowest BCUT2D eigenvalue weighted by atomic mass is 9.88. The number of carbonyl (C=O) groups excluding carboxylic acids is 1. The molecular weight excluding hydrogens is 408 g/mol. The lowest BCUT2D eigenvalue weighted by Crippen LogP contribution is -2.37. The maximum absolute atomic E-state index is 13.1. The molecule has 3 aromatic rings. The summed E-state index contributed by atoms with van der Waals surface area (Å²) in [5.74, 6) is 1.26. The summed E-state index contributed by atoms with van der Waals surface area (Å²) in [5.41, 5.74) is 5.92. The molecule has 0 aromatic heterocycles. The summed E-state index contributed by atoms with van der Waals surface area (Å²) in [4.78, 5) is 15.6. The summed E-state index contributed by atoms with van der Waals surface area (Å²) in [7, 11) is 1.72. The molecule has 0 bridgehead atoms. The SMILES string of the molecule is COc1ccc(NC(=O)c2ccc(-c3ccccc3)cc2C)cc1C1CCN(C(C)C)CC1. The quantitative estimate of drug-likeness (QED) is 0.473. The van der Waals surface area contributed by atoms with Gasteiger partial charge in [0.25, 0.3) is 5.91 Å². The molecule has 4 heteroatoms. The van der Waals surface area contributed by atoms with E-state index in [1.807, 2.05) is 49.4 Å². The van der Waals surface area contributed by atoms with Crippen molar-refractivity contribution in [3.63, 3.8) is 0 Å². The maximum Gasteiger partial charge on any atom is 0.255 e. The van der Waals surface area contributed by atoms with Gasteiger partial charge in [0.2, 0.25) is 0 Å². The third-order valence-electron chi connectivity index (χ3n) is 6.77. The number of ether oxygens (including phenoxy) is 1. The number of benzene rings is 3. The first kappa shape index (κ1) is 23.1. The normalized spacial score (nSPS) is 14.9. The molecule has 1 aliphatic heterocycles. The molecule has 1 heterocycles. The summed E-state index contributed by atoms with van der Waals surface area (Å²) in [6.07, 6.45) is 2.21. The Morgan fingerprint density at radius 1 is 0.970 bits per heavy atom. The summed E-state index contributed by atoms with van der Waals surface area (Å²) in [6.45, 7) is 8.68. The van der Waals surface area contributed by atoms with Crippen LogP contribution < -0.4 is 10.1 Å². The number of piperidine rings is 1. The fraction of sp³-hybridized carbons (Fsp3) is 0.345. The monoisotopic (exact) mass is 442 g/mol. The van der Waals surface area contributed by atoms with Gasteiger partial charge in [0, 0.05) is 17.3 Å². The minimum absolute atomic E-state index is 0.0853. The number of anilines is 1. The van der Waals surface area contributed by atoms with Crippen molar-refractivity contribution >= 4 is 11.6 Å². The van der Waals surface area contributed by atoms with Crippen molar-refractivity contribution in [2.75, 3.05) is 25.5 Å². The van der Waals surface area contributed by atoms with E-state index in [-0.39, 0.29) is 5.91 Å². The summed E-state index contributed by atoms with van der Waals surface area (Å²) >= 11 is 0. The highest BCUT2D eigenvalue weighted by Gasteiger charge is 2.25. The van der Waals surface area contributed by atoms with Gasteiger partial charge in [0.1, 0.15) is 5.75 Å². The number of amides is 1. The summed E-state index contributed by atoms with van der Waals surface area (Å²) in [6, 6.07) is 22.8. The Kier molecular flexibility index (Phi) is 7.14. The predicted molar refractivity (Wildman–Crippen MR) is 136 cm³/mol. The molecule has 3 aromatic carbocycles. The van der Waals surface area contributed by atoms with Crippen LogP contribution in [0, 0.1) is 6.92 Å². The molecule has 1 saturated heterocycles. The van der Waals surface area contributed by atoms with Crippen molar-refractivity contribution in [2.45, 2.75) is 45.6 Å². The number of likely N-dealkylation sites (tertiary alicyclic amines) is 1. The Morgan fingerprint density at radius 2 is 1.70 bits per heavy atom. The molecule has 0 atom stereocenters. The van der Waals surface area contributed by atoms with Gasteiger partial charge < -0.3 is 15.0 Å². The van der Waals surface area contributed by atoms with Crippen molar-refractivity contribution in [3.8, 4) is 16.9 Å². The Balaban J connectivity index is 1.51. The third-order valence-corrected chi connectivity index (χ3v) is 6.77. The molecule has 0 spiro atoms. The van der Waals surface area contributed by atoms with Crippen molar-refractivity contribution < 1.29 is 9.53 Å². The summed E-state index contributed by atoms with van der Waals surface area (Å²) in [5, 5.41) is 3.11. The maximum atomic E-state index is 13.1. The zero-order chi connectivity index (χ0) is 23.4. The molecule has 0 unspecified atom stereocenters. The van der Waals surface area contributed by atoms with Crippen LogP contribution in [-0.2, 0) is 0 Å². The number of rotatable bonds is 6. The lowest BCUT2D eigenvalue weighted by molar-refractivity contribution is 0.102. The van der Waals surface area contributed by atoms with Crippen molar-refractivity contribution in [2.24, 2.45) is 0 Å². The molecule has 0 radical (unpaired) electrons. The molecule has 1 N–H and O–H groups in total. The van der Waals surface area contributed by atoms with Crippen LogP contribution in [0.25, 0.3) is 11.1 Å². The Bertz CT molecular complexity index is 1100. The first-order chi connectivity index (χ1) is 16.0. The number of aryl methyl sites for hydroxylation is 1. The van der Waals surface area contributed by atoms with Crippen LogP contribution in [0.4, 0.5) is 5.69 Å². The largest absolute Gasteiger partial charge is 0.496 e. The highest BCUT2D eigenvalue weighted by Crippen LogP contribution is 2.36. The fourth-order valence-corrected chi connectivity index (χ4v) is 4.79. The standard InChI is InChI=1S/C29H34N2O2/c1-20(2)31-16-14-23(15-17-31)27-19-25(11-13-28(27)33-4)30-29(32)26-12-10-24(18-21(26)3)22-8-6-5-7-9-22/h5-13,18-20,23H,14-17H2,1-4H3,(H,30,32). The van der Waals surface area contributed by atoms with Gasteiger partial charge in [0.15, 0.2) is 0 Å². The second-order valence-electron chi connectivity index (χ2n) is 9.21. The molecule has 1 fully saturated rings. The molecule has 0 aliphatic carbocycles. The number of methoxy groups -OCH3 is 1. The van der Waals surface area contributed by atoms with Crippen LogP contribution in [0.1, 0.15) is 54.1 Å². The zero-order valence-corrected chi connectivity index (χ0v) is 20.1. The van der Waals surface area contributed by atoms with Crippen LogP contribution in [0.3, 0.4) is 0 Å². The number of hydrogen-bond donors (Lipinski definition) is 1. The van der Waals surface area contributed by atoms with Gasteiger partial charge in [-0.1, -0.05) is 42.5 Å². The second-order valence-corrected chi connectivity index (χ2v) is 9.21. The first-order valence-corrected chi connectivity index (χ1v) is 11.9. The van der Waals surface area contributed by atoms with E-state index in [9.17, 15) is 4.79 Å². The Hall–Kier alpha value is -3.11. The van der Waals surface area contributed by atoms with Gasteiger partial charge in [-0.2, -0.15) is 0 Å². The average molecular weight is 443 g/mol. The van der Waals surface area contributed by atoms with Crippen LogP contribution >= 0.6 is 0 Å². The van der Waals surface area contributed by atoms with Crippen molar-refractivity contribution in [1.82, 2.24) is 4.90 Å². The molecule has 33 heavy (non-hydrogen) atoms. The molecule has 1 amide bonds. The van der Waals surface area contributed by atoms with E-state index >= 15 is 0 Å². The van der Waals surface area contributed by atoms with E-state index in [0.717, 1.165) is 54.1 Å². The van der Waals surface area contributed by atoms with Crippen LogP contribution in [0.15, 0.2) is 66.7 Å². The summed E-state index contributed by atoms with van der Waals surface area (Å²) < 4.78 is 5.67. The second kappa shape index (κ2) is 10.2. The van der Waals surface area contributed by atoms with Gasteiger partial charge in [0.05, 0.1) is 7.11 Å². The highest BCUT2D eigenvalue weighted by molar-refractivity contribution is 6.05. The molecule has 1 aliphatic rings. The predicted octanol–water partition coefficient (Wildman–Crippen LogP) is 6.51. The Morgan fingerprint density at radius 3 is 2.33 bits per heavy atom. The minimum atomic E-state index is -0.0853. The van der Waals surface area contributed by atoms with Crippen LogP contribution in [0.2, 0.25) is 0 Å². The number of nitrogens with one attached hydrogen (secondary N) is 1. The third kappa shape index (κ3) is 5.28. The minimum Gasteiger partial charge on any atom is -0.496 e. The molecular formula is C29H34N2O2. The Labute approximate surface area is 197 Å². The molecule has 0 saturated carbocycles. The first-order valence-electron chi connectivity index (χ1n) is 11.9. The van der Waals surface area contributed by atoms with Gasteiger partial charge in [-0.15, -0.1) is 0 Å². The van der Waals surface area contributed by atoms with E-state index < -0.39 is 0 Å². The van der Waals surface area contributed by atoms with Crippen molar-refractivity contribution in [1.29, 1.82) is 0 Å². The smallest absolute Gasteiger partial charge is 0.255 e. The van der Waals surface area contributed by atoms with E-state index in [4.69, 9.17) is 4.74 Å². The van der Waals surface area contributed by atoms with Gasteiger partial charge in [-0.25, -0.2) is 0 Å². The average Bonchev–Trinajstić information content (AvgIpc) is 2.84. The highest BCUT2D eigenvalue weighted by atomic mass is 16.5. The topological polar surface area (TPSA) is 41.6 Å². The van der Waals surface area contributed by atoms with Gasteiger partial charge in [-0.3, -0.25) is 4.79 Å². The van der Waals surface area contributed by atoms with Gasteiger partial charge in [-0.05, 0) is 99.1 Å². The van der Waals surface area contributed by atoms with Gasteiger partial charge >= 0.3 is 0 Å².